The lowest BCUT2D eigenvalue weighted by Crippen LogP contribution is -2.26. The smallest absolute Gasteiger partial charge is 0.325 e. The summed E-state index contributed by atoms with van der Waals surface area (Å²) < 4.78 is 32.9. The lowest BCUT2D eigenvalue weighted by molar-refractivity contribution is 0.113. The summed E-state index contributed by atoms with van der Waals surface area (Å²) in [5.74, 6) is 0. The highest BCUT2D eigenvalue weighted by Gasteiger charge is 2.22. The number of rotatable bonds is 17. The van der Waals surface area contributed by atoms with E-state index in [0.29, 0.717) is 6.10 Å². The van der Waals surface area contributed by atoms with Crippen molar-refractivity contribution in [1.82, 2.24) is 0 Å². The van der Waals surface area contributed by atoms with Crippen molar-refractivity contribution in [3.8, 4) is 0 Å². The number of unbranched alkanes of at least 4 members (excludes halogenated alkanes) is 1. The minimum absolute atomic E-state index is 0.383. The summed E-state index contributed by atoms with van der Waals surface area (Å²) in [6.07, 6.45) is 2.62. The summed E-state index contributed by atoms with van der Waals surface area (Å²) in [6, 6.07) is 12.4. The van der Waals surface area contributed by atoms with Gasteiger partial charge in [0.05, 0.1) is 13.2 Å². The van der Waals surface area contributed by atoms with Crippen LogP contribution in [-0.4, -0.2) is 70.9 Å². The molecule has 174 valence electrons. The van der Waals surface area contributed by atoms with Crippen LogP contribution in [0.1, 0.15) is 46.1 Å². The van der Waals surface area contributed by atoms with Crippen molar-refractivity contribution in [2.45, 2.75) is 58.7 Å². The van der Waals surface area contributed by atoms with Gasteiger partial charge in [0.2, 0.25) is 0 Å². The molecule has 2 rings (SSSR count). The van der Waals surface area contributed by atoms with Gasteiger partial charge in [-0.3, -0.25) is 0 Å². The van der Waals surface area contributed by atoms with E-state index in [1.807, 2.05) is 33.8 Å². The van der Waals surface area contributed by atoms with Crippen LogP contribution in [0.5, 0.6) is 0 Å². The normalized spacial score (nSPS) is 15.3. The van der Waals surface area contributed by atoms with Crippen molar-refractivity contribution in [2.24, 2.45) is 0 Å². The Labute approximate surface area is 186 Å². The largest absolute Gasteiger partial charge is 0.397 e. The number of hydrogen-bond acceptors (Lipinski definition) is 6. The van der Waals surface area contributed by atoms with E-state index in [2.05, 4.69) is 24.3 Å². The average Bonchev–Trinajstić information content (AvgIpc) is 3.57. The number of epoxide rings is 1. The summed E-state index contributed by atoms with van der Waals surface area (Å²) in [6.45, 7) is 13.6. The van der Waals surface area contributed by atoms with E-state index in [-0.39, 0.29) is 0 Å². The molecule has 0 saturated carbocycles. The molecular weight excluding hydrogens is 416 g/mol. The van der Waals surface area contributed by atoms with Crippen molar-refractivity contribution in [1.29, 1.82) is 0 Å². The topological polar surface area (TPSA) is 58.7 Å². The van der Waals surface area contributed by atoms with Gasteiger partial charge < -0.3 is 27.2 Å². The zero-order valence-electron chi connectivity index (χ0n) is 19.3. The zero-order chi connectivity index (χ0) is 21.9. The monoisotopic (exact) mass is 458 g/mol. The minimum atomic E-state index is -1.46. The highest BCUT2D eigenvalue weighted by molar-refractivity contribution is 6.44. The van der Waals surface area contributed by atoms with E-state index in [0.717, 1.165) is 71.2 Å². The fourth-order valence-corrected chi connectivity index (χ4v) is 6.35. The summed E-state index contributed by atoms with van der Waals surface area (Å²) in [4.78, 5) is 0. The van der Waals surface area contributed by atoms with Gasteiger partial charge in [-0.2, -0.15) is 0 Å². The molecule has 0 aromatic heterocycles. The number of benzene rings is 1. The predicted molar refractivity (Wildman–Crippen MR) is 126 cm³/mol. The lowest BCUT2D eigenvalue weighted by Gasteiger charge is -2.14. The van der Waals surface area contributed by atoms with Gasteiger partial charge in [-0.15, -0.1) is 0 Å². The van der Waals surface area contributed by atoms with Crippen LogP contribution in [0.3, 0.4) is 0 Å². The molecule has 1 saturated heterocycles. The van der Waals surface area contributed by atoms with Crippen LogP contribution in [0.2, 0.25) is 6.04 Å². The maximum absolute atomic E-state index is 5.60. The molecular formula is C22H42O6Si2. The Morgan fingerprint density at radius 2 is 1.40 bits per heavy atom. The van der Waals surface area contributed by atoms with E-state index in [9.17, 15) is 0 Å². The van der Waals surface area contributed by atoms with Gasteiger partial charge in [-0.1, -0.05) is 30.3 Å². The van der Waals surface area contributed by atoms with Crippen molar-refractivity contribution in [2.75, 3.05) is 46.2 Å². The predicted octanol–water partition coefficient (Wildman–Crippen LogP) is 3.54. The summed E-state index contributed by atoms with van der Waals surface area (Å²) >= 11 is 0. The van der Waals surface area contributed by atoms with E-state index < -0.39 is 18.6 Å². The molecule has 30 heavy (non-hydrogen) atoms. The van der Waals surface area contributed by atoms with Crippen LogP contribution >= 0.6 is 0 Å². The minimum Gasteiger partial charge on any atom is -0.397 e. The quantitative estimate of drug-likeness (QED) is 0.202. The van der Waals surface area contributed by atoms with Gasteiger partial charge in [-0.05, 0) is 52.1 Å². The summed E-state index contributed by atoms with van der Waals surface area (Å²) in [5, 5.41) is 0. The molecule has 0 spiro atoms. The second kappa shape index (κ2) is 19.1. The van der Waals surface area contributed by atoms with Crippen LogP contribution < -0.4 is 0 Å². The molecule has 1 atom stereocenters. The highest BCUT2D eigenvalue weighted by atomic mass is 28.3. The first-order chi connectivity index (χ1) is 14.7. The van der Waals surface area contributed by atoms with E-state index in [1.165, 1.54) is 5.56 Å². The van der Waals surface area contributed by atoms with Crippen LogP contribution in [-0.2, 0) is 33.2 Å². The first kappa shape index (κ1) is 27.4. The molecule has 0 amide bonds. The molecule has 0 N–H and O–H groups in total. The van der Waals surface area contributed by atoms with Gasteiger partial charge in [0.15, 0.2) is 0 Å². The van der Waals surface area contributed by atoms with Crippen molar-refractivity contribution < 1.29 is 27.2 Å². The maximum atomic E-state index is 5.60. The molecule has 1 unspecified atom stereocenters. The molecule has 1 aromatic rings. The average molecular weight is 459 g/mol. The first-order valence-corrected chi connectivity index (χ1v) is 14.9. The lowest BCUT2D eigenvalue weighted by atomic mass is 10.2. The van der Waals surface area contributed by atoms with Gasteiger partial charge in [-0.25, -0.2) is 0 Å². The number of hydrogen-bond donors (Lipinski definition) is 0. The second-order valence-corrected chi connectivity index (χ2v) is 10.9. The van der Waals surface area contributed by atoms with Gasteiger partial charge in [0.1, 0.15) is 6.10 Å². The summed E-state index contributed by atoms with van der Waals surface area (Å²) in [5.41, 5.74) is 1.31. The van der Waals surface area contributed by atoms with Gasteiger partial charge in [0.25, 0.3) is 0 Å². The first-order valence-electron chi connectivity index (χ1n) is 11.4. The molecule has 1 aromatic carbocycles. The Bertz CT molecular complexity index is 478. The highest BCUT2D eigenvalue weighted by Crippen LogP contribution is 2.10. The fourth-order valence-electron chi connectivity index (χ4n) is 2.83. The third-order valence-electron chi connectivity index (χ3n) is 4.34. The molecule has 0 bridgehead atoms. The van der Waals surface area contributed by atoms with E-state index >= 15 is 0 Å². The number of ether oxygens (including phenoxy) is 2. The Morgan fingerprint density at radius 1 is 0.833 bits per heavy atom. The molecule has 1 aliphatic rings. The Kier molecular flexibility index (Phi) is 17.5. The van der Waals surface area contributed by atoms with Crippen molar-refractivity contribution >= 4 is 18.6 Å². The molecule has 1 aliphatic heterocycles. The van der Waals surface area contributed by atoms with Crippen LogP contribution in [0.25, 0.3) is 0 Å². The molecule has 8 heteroatoms. The third kappa shape index (κ3) is 15.3. The van der Waals surface area contributed by atoms with E-state index in [4.69, 9.17) is 27.2 Å². The molecule has 6 nitrogen and oxygen atoms in total. The summed E-state index contributed by atoms with van der Waals surface area (Å²) in [7, 11) is -2.83. The molecule has 1 fully saturated rings. The standard InChI is InChI=1S/C11H24O4Si.C11H18O2Si/c1-3-14-16(15-4-2)8-6-5-7-12-9-11-10-13-11;1-3-12-14(13-4-2)10-11-8-6-5-7-9-11/h11,16H,3-10H2,1-2H3;5-9,14H,3-4,10H2,1-2H3. The molecule has 0 aliphatic carbocycles. The SMILES string of the molecule is CCO[SiH](CCCCOCC1CO1)OCC.CCO[SiH](Cc1ccccc1)OCC. The van der Waals surface area contributed by atoms with Crippen LogP contribution in [0.4, 0.5) is 0 Å². The zero-order valence-corrected chi connectivity index (χ0v) is 21.7. The van der Waals surface area contributed by atoms with Crippen molar-refractivity contribution in [3.63, 3.8) is 0 Å². The van der Waals surface area contributed by atoms with Gasteiger partial charge in [0, 0.05) is 39.1 Å². The fraction of sp³-hybridized carbons (Fsp3) is 0.727. The Morgan fingerprint density at radius 3 is 1.93 bits per heavy atom. The van der Waals surface area contributed by atoms with Crippen molar-refractivity contribution in [3.05, 3.63) is 35.9 Å². The molecule has 0 radical (unpaired) electrons. The van der Waals surface area contributed by atoms with Gasteiger partial charge >= 0.3 is 18.6 Å². The molecule has 1 heterocycles. The Hall–Kier alpha value is -0.586. The van der Waals surface area contributed by atoms with E-state index in [1.54, 1.807) is 0 Å². The Balaban J connectivity index is 0.000000303. The third-order valence-corrected chi connectivity index (χ3v) is 8.84. The van der Waals surface area contributed by atoms with Crippen LogP contribution in [0.15, 0.2) is 30.3 Å². The maximum Gasteiger partial charge on any atom is 0.325 e. The van der Waals surface area contributed by atoms with Crippen LogP contribution in [0, 0.1) is 0 Å². The second-order valence-electron chi connectivity index (χ2n) is 6.90.